The first-order chi connectivity index (χ1) is 10.8. The van der Waals surface area contributed by atoms with E-state index < -0.39 is 0 Å². The number of nitriles is 1. The highest BCUT2D eigenvalue weighted by Gasteiger charge is 2.18. The highest BCUT2D eigenvalue weighted by atomic mass is 16.5. The highest BCUT2D eigenvalue weighted by molar-refractivity contribution is 5.46. The Labute approximate surface area is 130 Å². The predicted octanol–water partition coefficient (Wildman–Crippen LogP) is 2.70. The highest BCUT2D eigenvalue weighted by Crippen LogP contribution is 2.26. The minimum atomic E-state index is 0.346. The van der Waals surface area contributed by atoms with Crippen LogP contribution in [0.15, 0.2) is 30.3 Å². The molecule has 1 aliphatic heterocycles. The van der Waals surface area contributed by atoms with E-state index in [2.05, 4.69) is 34.2 Å². The first-order valence-corrected chi connectivity index (χ1v) is 7.53. The van der Waals surface area contributed by atoms with Crippen molar-refractivity contribution in [1.29, 1.82) is 5.26 Å². The summed E-state index contributed by atoms with van der Waals surface area (Å²) in [5.74, 6) is 1.77. The van der Waals surface area contributed by atoms with Gasteiger partial charge in [-0.1, -0.05) is 13.0 Å². The second-order valence-corrected chi connectivity index (χ2v) is 5.34. The van der Waals surface area contributed by atoms with Crippen molar-refractivity contribution in [3.05, 3.63) is 47.2 Å². The van der Waals surface area contributed by atoms with Gasteiger partial charge >= 0.3 is 0 Å². The zero-order valence-electron chi connectivity index (χ0n) is 12.6. The third-order valence-electron chi connectivity index (χ3n) is 3.75. The number of fused-ring (bicyclic) bond motifs is 1. The van der Waals surface area contributed by atoms with E-state index in [9.17, 15) is 0 Å². The maximum absolute atomic E-state index is 8.78. The van der Waals surface area contributed by atoms with E-state index >= 15 is 0 Å². The fourth-order valence-corrected chi connectivity index (χ4v) is 2.59. The Morgan fingerprint density at radius 3 is 2.86 bits per heavy atom. The number of benzene rings is 1. The van der Waals surface area contributed by atoms with Crippen molar-refractivity contribution in [3.63, 3.8) is 0 Å². The van der Waals surface area contributed by atoms with Crippen molar-refractivity contribution in [2.24, 2.45) is 0 Å². The van der Waals surface area contributed by atoms with Crippen molar-refractivity contribution in [3.8, 4) is 11.8 Å². The molecule has 0 amide bonds. The Balaban J connectivity index is 1.74. The Kier molecular flexibility index (Phi) is 4.19. The predicted molar refractivity (Wildman–Crippen MR) is 83.7 cm³/mol. The van der Waals surface area contributed by atoms with E-state index in [-0.39, 0.29) is 0 Å². The second-order valence-electron chi connectivity index (χ2n) is 5.34. The third kappa shape index (κ3) is 3.01. The summed E-state index contributed by atoms with van der Waals surface area (Å²) in [6.07, 6.45) is 1.97. The van der Waals surface area contributed by atoms with E-state index in [4.69, 9.17) is 10.00 Å². The number of hydrogen-bond donors (Lipinski definition) is 0. The largest absolute Gasteiger partial charge is 0.494 e. The Bertz CT molecular complexity index is 691. The van der Waals surface area contributed by atoms with E-state index in [1.54, 1.807) is 6.07 Å². The molecule has 22 heavy (non-hydrogen) atoms. The zero-order chi connectivity index (χ0) is 15.4. The van der Waals surface area contributed by atoms with Crippen LogP contribution in [0, 0.1) is 11.3 Å². The minimum Gasteiger partial charge on any atom is -0.494 e. The van der Waals surface area contributed by atoms with Gasteiger partial charge in [0.2, 0.25) is 0 Å². The quantitative estimate of drug-likeness (QED) is 0.867. The second kappa shape index (κ2) is 6.44. The van der Waals surface area contributed by atoms with Gasteiger partial charge in [0.05, 0.1) is 6.61 Å². The fourth-order valence-electron chi connectivity index (χ4n) is 2.59. The maximum atomic E-state index is 8.78. The van der Waals surface area contributed by atoms with Crippen LogP contribution in [-0.4, -0.2) is 23.3 Å². The number of hydrogen-bond acceptors (Lipinski definition) is 5. The molecule has 0 aliphatic carbocycles. The molecule has 0 fully saturated rings. The summed E-state index contributed by atoms with van der Waals surface area (Å²) in [5, 5.41) is 16.8. The van der Waals surface area contributed by atoms with Gasteiger partial charge in [-0.25, -0.2) is 0 Å². The summed E-state index contributed by atoms with van der Waals surface area (Å²) in [4.78, 5) is 2.18. The normalized spacial score (nSPS) is 13.4. The Hall–Kier alpha value is -2.61. The molecule has 0 saturated heterocycles. The summed E-state index contributed by atoms with van der Waals surface area (Å²) in [6, 6.07) is 11.9. The molecule has 0 bridgehead atoms. The van der Waals surface area contributed by atoms with Crippen molar-refractivity contribution in [2.75, 3.05) is 18.1 Å². The average Bonchev–Trinajstić information content (AvgIpc) is 2.59. The molecule has 1 aromatic carbocycles. The molecule has 2 aromatic rings. The molecule has 2 heterocycles. The number of rotatable bonds is 4. The van der Waals surface area contributed by atoms with Gasteiger partial charge in [0.15, 0.2) is 11.5 Å². The summed E-state index contributed by atoms with van der Waals surface area (Å²) in [7, 11) is 0. The van der Waals surface area contributed by atoms with Crippen molar-refractivity contribution < 1.29 is 4.74 Å². The van der Waals surface area contributed by atoms with Gasteiger partial charge in [-0.15, -0.1) is 10.2 Å². The molecule has 112 valence electrons. The third-order valence-corrected chi connectivity index (χ3v) is 3.75. The van der Waals surface area contributed by atoms with Crippen LogP contribution in [0.1, 0.15) is 30.2 Å². The van der Waals surface area contributed by atoms with Crippen molar-refractivity contribution >= 4 is 5.82 Å². The summed E-state index contributed by atoms with van der Waals surface area (Å²) in [6.45, 7) is 4.56. The van der Waals surface area contributed by atoms with Gasteiger partial charge in [-0.2, -0.15) is 5.26 Å². The topological polar surface area (TPSA) is 62.0 Å². The van der Waals surface area contributed by atoms with E-state index in [0.29, 0.717) is 5.69 Å². The number of nitrogens with zero attached hydrogens (tertiary/aromatic N) is 4. The van der Waals surface area contributed by atoms with Gasteiger partial charge < -0.3 is 9.64 Å². The molecule has 1 aromatic heterocycles. The van der Waals surface area contributed by atoms with Crippen LogP contribution in [0.4, 0.5) is 5.82 Å². The van der Waals surface area contributed by atoms with Gasteiger partial charge in [0, 0.05) is 13.1 Å². The number of ether oxygens (including phenoxy) is 1. The van der Waals surface area contributed by atoms with Crippen LogP contribution in [0.2, 0.25) is 0 Å². The molecule has 5 nitrogen and oxygen atoms in total. The van der Waals surface area contributed by atoms with Crippen molar-refractivity contribution in [1.82, 2.24) is 10.2 Å². The number of anilines is 1. The zero-order valence-corrected chi connectivity index (χ0v) is 12.6. The van der Waals surface area contributed by atoms with Crippen LogP contribution >= 0.6 is 0 Å². The lowest BCUT2D eigenvalue weighted by molar-refractivity contribution is 0.317. The Morgan fingerprint density at radius 2 is 2.14 bits per heavy atom. The minimum absolute atomic E-state index is 0.346. The Morgan fingerprint density at radius 1 is 1.23 bits per heavy atom. The molecule has 1 aliphatic rings. The van der Waals surface area contributed by atoms with Crippen LogP contribution in [-0.2, 0) is 13.0 Å². The van der Waals surface area contributed by atoms with Gasteiger partial charge in [0.1, 0.15) is 11.8 Å². The van der Waals surface area contributed by atoms with Crippen molar-refractivity contribution in [2.45, 2.75) is 26.3 Å². The van der Waals surface area contributed by atoms with Crippen LogP contribution in [0.25, 0.3) is 0 Å². The molecule has 0 spiro atoms. The molecule has 0 unspecified atom stereocenters. The smallest absolute Gasteiger partial charge is 0.163 e. The lowest BCUT2D eigenvalue weighted by Gasteiger charge is -2.29. The molecular weight excluding hydrogens is 276 g/mol. The molecule has 0 radical (unpaired) electrons. The van der Waals surface area contributed by atoms with Gasteiger partial charge in [-0.05, 0) is 48.2 Å². The molecule has 0 N–H and O–H groups in total. The summed E-state index contributed by atoms with van der Waals surface area (Å²) in [5.41, 5.74) is 2.98. The first-order valence-electron chi connectivity index (χ1n) is 7.53. The van der Waals surface area contributed by atoms with E-state index in [1.807, 2.05) is 18.2 Å². The maximum Gasteiger partial charge on any atom is 0.163 e. The average molecular weight is 294 g/mol. The lowest BCUT2D eigenvalue weighted by Crippen LogP contribution is -2.31. The van der Waals surface area contributed by atoms with Crippen LogP contribution < -0.4 is 9.64 Å². The monoisotopic (exact) mass is 294 g/mol. The van der Waals surface area contributed by atoms with E-state index in [1.165, 1.54) is 11.1 Å². The van der Waals surface area contributed by atoms with Crippen LogP contribution in [0.5, 0.6) is 5.75 Å². The standard InChI is InChI=1S/C17H18N4O/c1-2-9-22-16-5-3-14-12-21(8-7-13(14)10-16)17-6-4-15(11-18)19-20-17/h3-6,10H,2,7-9,12H2,1H3. The molecular formula is C17H18N4O. The first kappa shape index (κ1) is 14.3. The molecule has 3 rings (SSSR count). The van der Waals surface area contributed by atoms with E-state index in [0.717, 1.165) is 44.1 Å². The lowest BCUT2D eigenvalue weighted by atomic mass is 9.99. The summed E-state index contributed by atoms with van der Waals surface area (Å²) < 4.78 is 5.69. The van der Waals surface area contributed by atoms with Gasteiger partial charge in [0.25, 0.3) is 0 Å². The SMILES string of the molecule is CCCOc1ccc2c(c1)CCN(c1ccc(C#N)nn1)C2. The van der Waals surface area contributed by atoms with Gasteiger partial charge in [-0.3, -0.25) is 0 Å². The molecule has 5 heteroatoms. The summed E-state index contributed by atoms with van der Waals surface area (Å²) >= 11 is 0. The molecule has 0 atom stereocenters. The molecule has 0 saturated carbocycles. The number of aromatic nitrogens is 2. The van der Waals surface area contributed by atoms with Crippen LogP contribution in [0.3, 0.4) is 0 Å². The fraction of sp³-hybridized carbons (Fsp3) is 0.353.